The van der Waals surface area contributed by atoms with Crippen molar-refractivity contribution in [2.24, 2.45) is 0 Å². The number of benzene rings is 16. The van der Waals surface area contributed by atoms with Gasteiger partial charge in [0.25, 0.3) is 0 Å². The SMILES string of the molecule is c1ccc(-n2c3ccc(-c4ccc5c(c4)c4c6c(oc7ccccc76)c(-c6cc7c(c8cc(-c9ccc%10c(c9)c9c%11c(ccc9n%10-c9ccccc9)oc9ccccc9%11)ccc8n7-c7ccccc7)c7c6sc6ccccc67)cc4n5-c4ccccc4)cc3c3c4c(ccc32)oc2ccccc24)cc1. The van der Waals surface area contributed by atoms with Crippen molar-refractivity contribution in [1.29, 1.82) is 0 Å². The molecule has 0 aliphatic carbocycles. The number of thiophene rings is 1. The molecule has 482 valence electrons. The molecule has 0 aliphatic heterocycles. The summed E-state index contributed by atoms with van der Waals surface area (Å²) in [5.41, 5.74) is 25.3. The Morgan fingerprint density at radius 1 is 0.202 bits per heavy atom. The molecule has 7 nitrogen and oxygen atoms in total. The summed E-state index contributed by atoms with van der Waals surface area (Å²) < 4.78 is 32.9. The second-order valence-corrected chi connectivity index (χ2v) is 28.8. The minimum atomic E-state index is 0.844. The molecule has 0 saturated carbocycles. The smallest absolute Gasteiger partial charge is 0.144 e. The topological polar surface area (TPSA) is 59.1 Å². The van der Waals surface area contributed by atoms with Gasteiger partial charge in [0, 0.05) is 129 Å². The van der Waals surface area contributed by atoms with Crippen molar-refractivity contribution in [2.75, 3.05) is 0 Å². The van der Waals surface area contributed by atoms with E-state index in [0.717, 1.165) is 177 Å². The molecule has 0 saturated heterocycles. The lowest BCUT2D eigenvalue weighted by molar-refractivity contribution is 0.669. The minimum absolute atomic E-state index is 0.844. The summed E-state index contributed by atoms with van der Waals surface area (Å²) in [6.07, 6.45) is 0. The van der Waals surface area contributed by atoms with E-state index in [4.69, 9.17) is 13.3 Å². The maximum atomic E-state index is 7.48. The Morgan fingerprint density at radius 3 is 0.962 bits per heavy atom. The number of aromatic nitrogens is 4. The third-order valence-corrected chi connectivity index (χ3v) is 23.5. The third-order valence-electron chi connectivity index (χ3n) is 22.3. The highest BCUT2D eigenvalue weighted by Gasteiger charge is 2.29. The highest BCUT2D eigenvalue weighted by Crippen LogP contribution is 2.54. The van der Waals surface area contributed by atoms with Crippen LogP contribution in [0.2, 0.25) is 0 Å². The van der Waals surface area contributed by atoms with Crippen LogP contribution in [0.25, 0.3) is 229 Å². The second-order valence-electron chi connectivity index (χ2n) is 27.7. The molecule has 0 unspecified atom stereocenters. The summed E-state index contributed by atoms with van der Waals surface area (Å²) in [5, 5.41) is 18.5. The normalized spacial score (nSPS) is 12.4. The second kappa shape index (κ2) is 21.0. The molecule has 16 aromatic carbocycles. The maximum Gasteiger partial charge on any atom is 0.144 e. The van der Waals surface area contributed by atoms with Gasteiger partial charge in [0.15, 0.2) is 0 Å². The van der Waals surface area contributed by atoms with Crippen LogP contribution in [0, 0.1) is 0 Å². The lowest BCUT2D eigenvalue weighted by Gasteiger charge is -2.12. The average Bonchev–Trinajstić information content (AvgIpc) is 1.54. The summed E-state index contributed by atoms with van der Waals surface area (Å²) in [7, 11) is 0. The van der Waals surface area contributed by atoms with Gasteiger partial charge in [-0.05, 0) is 180 Å². The largest absolute Gasteiger partial charge is 0.456 e. The van der Waals surface area contributed by atoms with Crippen LogP contribution in [0.4, 0.5) is 0 Å². The van der Waals surface area contributed by atoms with Crippen molar-refractivity contribution in [3.8, 4) is 56.1 Å². The first kappa shape index (κ1) is 56.1. The quantitative estimate of drug-likeness (QED) is 0.160. The Labute approximate surface area is 595 Å². The predicted octanol–water partition coefficient (Wildman–Crippen LogP) is 27.1. The fourth-order valence-corrected chi connectivity index (χ4v) is 19.2. The first-order chi connectivity index (χ1) is 51.6. The molecule has 0 N–H and O–H groups in total. The van der Waals surface area contributed by atoms with Crippen LogP contribution in [0.15, 0.2) is 341 Å². The Bertz CT molecular complexity index is 7370. The van der Waals surface area contributed by atoms with E-state index in [-0.39, 0.29) is 0 Å². The van der Waals surface area contributed by atoms with Gasteiger partial charge >= 0.3 is 0 Å². The molecule has 24 aromatic rings. The standard InChI is InChI=1S/C96H54N4O3S/c1-5-21-59(22-6-1)97-73-41-37-55(49-69(73)87-77(97)45-47-84-91(87)63-29-13-17-33-81(63)101-84)57-39-43-75-71(51-57)89-79(99(75)61-25-9-3-10-26-61)53-67(95-93(89)65-31-15-19-35-83(65)103-95)68-54-80-90(94-66-32-16-20-36-86(66)104-96(68)94)72-52-58(40-44-76(72)100(80)62-27-11-4-12-28-62)56-38-42-74-70(50-56)88-78(98(74)60-23-7-2-8-24-60)46-48-85-92(88)64-30-14-18-34-82(64)102-85/h1-54H. The van der Waals surface area contributed by atoms with Crippen LogP contribution < -0.4 is 0 Å². The van der Waals surface area contributed by atoms with Gasteiger partial charge < -0.3 is 31.5 Å². The Morgan fingerprint density at radius 2 is 0.529 bits per heavy atom. The molecule has 0 radical (unpaired) electrons. The third kappa shape index (κ3) is 7.67. The molecule has 8 aromatic heterocycles. The van der Waals surface area contributed by atoms with Crippen molar-refractivity contribution < 1.29 is 13.3 Å². The van der Waals surface area contributed by atoms with E-state index in [1.54, 1.807) is 0 Å². The van der Waals surface area contributed by atoms with Gasteiger partial charge in [-0.3, -0.25) is 0 Å². The number of hydrogen-bond donors (Lipinski definition) is 0. The molecule has 104 heavy (non-hydrogen) atoms. The van der Waals surface area contributed by atoms with E-state index in [9.17, 15) is 0 Å². The van der Waals surface area contributed by atoms with Crippen molar-refractivity contribution in [1.82, 2.24) is 18.3 Å². The zero-order chi connectivity index (χ0) is 67.6. The summed E-state index contributed by atoms with van der Waals surface area (Å²) in [6, 6.07) is 120. The van der Waals surface area contributed by atoms with E-state index in [1.165, 1.54) is 52.5 Å². The van der Waals surface area contributed by atoms with E-state index in [2.05, 4.69) is 346 Å². The minimum Gasteiger partial charge on any atom is -0.456 e. The van der Waals surface area contributed by atoms with Gasteiger partial charge in [-0.15, -0.1) is 11.3 Å². The predicted molar refractivity (Wildman–Crippen MR) is 435 cm³/mol. The lowest BCUT2D eigenvalue weighted by Crippen LogP contribution is -1.95. The number of furan rings is 3. The molecule has 0 fully saturated rings. The molecule has 0 aliphatic rings. The van der Waals surface area contributed by atoms with Gasteiger partial charge in [-0.25, -0.2) is 0 Å². The average molecular weight is 1340 g/mol. The fourth-order valence-electron chi connectivity index (χ4n) is 18.0. The number of para-hydroxylation sites is 7. The maximum absolute atomic E-state index is 7.48. The zero-order valence-electron chi connectivity index (χ0n) is 55.6. The number of rotatable bonds is 7. The van der Waals surface area contributed by atoms with E-state index in [1.807, 2.05) is 11.3 Å². The van der Waals surface area contributed by atoms with Crippen LogP contribution in [0.3, 0.4) is 0 Å². The Kier molecular flexibility index (Phi) is 11.3. The van der Waals surface area contributed by atoms with Gasteiger partial charge in [-0.1, -0.05) is 170 Å². The molecule has 0 atom stereocenters. The molecule has 24 rings (SSSR count). The molecule has 8 heterocycles. The number of nitrogens with zero attached hydrogens (tertiary/aromatic N) is 4. The Hall–Kier alpha value is -13.7. The van der Waals surface area contributed by atoms with Crippen LogP contribution in [-0.4, -0.2) is 18.3 Å². The van der Waals surface area contributed by atoms with Crippen molar-refractivity contribution in [3.63, 3.8) is 0 Å². The molecule has 8 heteroatoms. The van der Waals surface area contributed by atoms with Crippen molar-refractivity contribution in [3.05, 3.63) is 328 Å². The molecule has 0 spiro atoms. The first-order valence-electron chi connectivity index (χ1n) is 35.4. The van der Waals surface area contributed by atoms with Gasteiger partial charge in [0.05, 0.1) is 44.1 Å². The molecular formula is C96H54N4O3S. The molecule has 0 amide bonds. The van der Waals surface area contributed by atoms with Crippen molar-refractivity contribution >= 4 is 185 Å². The molecular weight excluding hydrogens is 1290 g/mol. The van der Waals surface area contributed by atoms with E-state index >= 15 is 0 Å². The summed E-state index contributed by atoms with van der Waals surface area (Å²) >= 11 is 1.87. The summed E-state index contributed by atoms with van der Waals surface area (Å²) in [6.45, 7) is 0. The van der Waals surface area contributed by atoms with E-state index < -0.39 is 0 Å². The van der Waals surface area contributed by atoms with E-state index in [0.29, 0.717) is 0 Å². The van der Waals surface area contributed by atoms with Gasteiger partial charge in [0.1, 0.15) is 33.5 Å². The van der Waals surface area contributed by atoms with Gasteiger partial charge in [0.2, 0.25) is 0 Å². The van der Waals surface area contributed by atoms with Crippen LogP contribution >= 0.6 is 11.3 Å². The fraction of sp³-hybridized carbons (Fsp3) is 0. The summed E-state index contributed by atoms with van der Waals surface area (Å²) in [5.74, 6) is 0. The van der Waals surface area contributed by atoms with Gasteiger partial charge in [-0.2, -0.15) is 0 Å². The van der Waals surface area contributed by atoms with Crippen LogP contribution in [-0.2, 0) is 0 Å². The summed E-state index contributed by atoms with van der Waals surface area (Å²) in [4.78, 5) is 0. The highest BCUT2D eigenvalue weighted by atomic mass is 32.1. The number of hydrogen-bond acceptors (Lipinski definition) is 4. The zero-order valence-corrected chi connectivity index (χ0v) is 56.4. The molecule has 0 bridgehead atoms. The highest BCUT2D eigenvalue weighted by molar-refractivity contribution is 7.26. The Balaban J connectivity index is 0.766. The van der Waals surface area contributed by atoms with Crippen LogP contribution in [0.5, 0.6) is 0 Å². The number of fused-ring (bicyclic) bond motifs is 28. The first-order valence-corrected chi connectivity index (χ1v) is 36.3. The lowest BCUT2D eigenvalue weighted by atomic mass is 9.94. The van der Waals surface area contributed by atoms with Crippen molar-refractivity contribution in [2.45, 2.75) is 0 Å². The van der Waals surface area contributed by atoms with Crippen LogP contribution in [0.1, 0.15) is 0 Å². The monoisotopic (exact) mass is 1340 g/mol.